The van der Waals surface area contributed by atoms with Gasteiger partial charge in [0.25, 0.3) is 5.91 Å². The van der Waals surface area contributed by atoms with E-state index >= 15 is 0 Å². The predicted molar refractivity (Wildman–Crippen MR) is 102 cm³/mol. The number of rotatable bonds is 6. The summed E-state index contributed by atoms with van der Waals surface area (Å²) in [5.74, 6) is -0.857. The number of carbonyl (C=O) groups excluding carboxylic acids is 1. The number of hydrogen-bond acceptors (Lipinski definition) is 3. The number of benzene rings is 2. The molecule has 0 fully saturated rings. The summed E-state index contributed by atoms with van der Waals surface area (Å²) in [4.78, 5) is 18.8. The van der Waals surface area contributed by atoms with Gasteiger partial charge < -0.3 is 10.2 Å². The molecule has 1 N–H and O–H groups in total. The minimum Gasteiger partial charge on any atom is -0.366 e. The molecule has 1 aromatic heterocycles. The molecule has 0 saturated heterocycles. The lowest BCUT2D eigenvalue weighted by atomic mass is 10.2. The molecule has 3 rings (SSSR count). The van der Waals surface area contributed by atoms with Gasteiger partial charge in [0, 0.05) is 19.3 Å². The molecule has 0 aliphatic carbocycles. The van der Waals surface area contributed by atoms with Crippen molar-refractivity contribution in [2.75, 3.05) is 16.8 Å². The van der Waals surface area contributed by atoms with E-state index < -0.39 is 5.82 Å². The fourth-order valence-electron chi connectivity index (χ4n) is 2.67. The van der Waals surface area contributed by atoms with Crippen molar-refractivity contribution in [3.8, 4) is 0 Å². The standard InChI is InChI=1S/C21H20FN3O/c1-2-25(15-16-8-4-3-5-9-16)18-12-17(13-23-14-18)21(26)24-20-11-7-6-10-19(20)22/h3-14H,2,15H2,1H3,(H,24,26). The Morgan fingerprint density at radius 2 is 1.81 bits per heavy atom. The van der Waals surface area contributed by atoms with E-state index in [4.69, 9.17) is 0 Å². The van der Waals surface area contributed by atoms with Crippen molar-refractivity contribution < 1.29 is 9.18 Å². The molecule has 1 heterocycles. The molecule has 0 saturated carbocycles. The van der Waals surface area contributed by atoms with Gasteiger partial charge in [-0.15, -0.1) is 0 Å². The van der Waals surface area contributed by atoms with Crippen LogP contribution in [0.15, 0.2) is 73.1 Å². The van der Waals surface area contributed by atoms with E-state index in [-0.39, 0.29) is 11.6 Å². The second-order valence-electron chi connectivity index (χ2n) is 5.87. The lowest BCUT2D eigenvalue weighted by molar-refractivity contribution is 0.102. The summed E-state index contributed by atoms with van der Waals surface area (Å²) >= 11 is 0. The van der Waals surface area contributed by atoms with Crippen LogP contribution in [-0.2, 0) is 6.54 Å². The van der Waals surface area contributed by atoms with Crippen LogP contribution in [0.3, 0.4) is 0 Å². The molecule has 5 heteroatoms. The third-order valence-corrected chi connectivity index (χ3v) is 4.07. The second kappa shape index (κ2) is 8.25. The fourth-order valence-corrected chi connectivity index (χ4v) is 2.67. The van der Waals surface area contributed by atoms with Crippen LogP contribution in [0.2, 0.25) is 0 Å². The zero-order chi connectivity index (χ0) is 18.4. The van der Waals surface area contributed by atoms with E-state index in [1.807, 2.05) is 18.2 Å². The van der Waals surface area contributed by atoms with E-state index in [9.17, 15) is 9.18 Å². The fraction of sp³-hybridized carbons (Fsp3) is 0.143. The number of amides is 1. The highest BCUT2D eigenvalue weighted by molar-refractivity contribution is 6.04. The maximum absolute atomic E-state index is 13.7. The van der Waals surface area contributed by atoms with Gasteiger partial charge in [0.05, 0.1) is 23.1 Å². The summed E-state index contributed by atoms with van der Waals surface area (Å²) in [5.41, 5.74) is 2.56. The number of hydrogen-bond donors (Lipinski definition) is 1. The van der Waals surface area contributed by atoms with Crippen molar-refractivity contribution in [1.29, 1.82) is 0 Å². The highest BCUT2D eigenvalue weighted by Gasteiger charge is 2.12. The summed E-state index contributed by atoms with van der Waals surface area (Å²) in [6, 6.07) is 18.0. The Kier molecular flexibility index (Phi) is 5.59. The van der Waals surface area contributed by atoms with E-state index in [0.29, 0.717) is 5.56 Å². The number of anilines is 2. The Morgan fingerprint density at radius 3 is 2.54 bits per heavy atom. The smallest absolute Gasteiger partial charge is 0.257 e. The monoisotopic (exact) mass is 349 g/mol. The molecule has 0 bridgehead atoms. The van der Waals surface area contributed by atoms with Crippen molar-refractivity contribution in [2.45, 2.75) is 13.5 Å². The number of halogens is 1. The zero-order valence-electron chi connectivity index (χ0n) is 14.5. The minimum atomic E-state index is -0.468. The lowest BCUT2D eigenvalue weighted by Crippen LogP contribution is -2.23. The Bertz CT molecular complexity index is 883. The molecule has 4 nitrogen and oxygen atoms in total. The molecule has 0 aliphatic rings. The van der Waals surface area contributed by atoms with Crippen LogP contribution < -0.4 is 10.2 Å². The third-order valence-electron chi connectivity index (χ3n) is 4.07. The van der Waals surface area contributed by atoms with Crippen molar-refractivity contribution in [2.24, 2.45) is 0 Å². The number of carbonyl (C=O) groups is 1. The number of pyridine rings is 1. The maximum Gasteiger partial charge on any atom is 0.257 e. The van der Waals surface area contributed by atoms with Crippen molar-refractivity contribution in [1.82, 2.24) is 4.98 Å². The van der Waals surface area contributed by atoms with Gasteiger partial charge in [0.2, 0.25) is 0 Å². The molecule has 1 amide bonds. The highest BCUT2D eigenvalue weighted by Crippen LogP contribution is 2.19. The molecular formula is C21H20FN3O. The number of aromatic nitrogens is 1. The topological polar surface area (TPSA) is 45.2 Å². The predicted octanol–water partition coefficient (Wildman–Crippen LogP) is 4.50. The summed E-state index contributed by atoms with van der Waals surface area (Å²) in [6.07, 6.45) is 3.21. The average Bonchev–Trinajstić information content (AvgIpc) is 2.69. The lowest BCUT2D eigenvalue weighted by Gasteiger charge is -2.23. The molecule has 0 radical (unpaired) electrons. The van der Waals surface area contributed by atoms with Crippen molar-refractivity contribution in [3.63, 3.8) is 0 Å². The first-order chi connectivity index (χ1) is 12.7. The number of nitrogens with zero attached hydrogens (tertiary/aromatic N) is 2. The van der Waals surface area contributed by atoms with Crippen LogP contribution in [0.1, 0.15) is 22.8 Å². The van der Waals surface area contributed by atoms with Gasteiger partial charge in [-0.25, -0.2) is 4.39 Å². The largest absolute Gasteiger partial charge is 0.366 e. The summed E-state index contributed by atoms with van der Waals surface area (Å²) in [5, 5.41) is 2.59. The van der Waals surface area contributed by atoms with Gasteiger partial charge in [0.15, 0.2) is 0 Å². The van der Waals surface area contributed by atoms with Crippen molar-refractivity contribution >= 4 is 17.3 Å². The summed E-state index contributed by atoms with van der Waals surface area (Å²) in [7, 11) is 0. The molecule has 0 unspecified atom stereocenters. The second-order valence-corrected chi connectivity index (χ2v) is 5.87. The summed E-state index contributed by atoms with van der Waals surface area (Å²) < 4.78 is 13.7. The van der Waals surface area contributed by atoms with Gasteiger partial charge in [-0.1, -0.05) is 42.5 Å². The van der Waals surface area contributed by atoms with Gasteiger partial charge in [0.1, 0.15) is 5.82 Å². The SMILES string of the molecule is CCN(Cc1ccccc1)c1cncc(C(=O)Nc2ccccc2F)c1. The molecule has 0 aliphatic heterocycles. The molecule has 3 aromatic rings. The third kappa shape index (κ3) is 4.25. The Labute approximate surface area is 152 Å². The van der Waals surface area contributed by atoms with Gasteiger partial charge in [-0.2, -0.15) is 0 Å². The van der Waals surface area contributed by atoms with Crippen LogP contribution in [0.5, 0.6) is 0 Å². The number of nitrogens with one attached hydrogen (secondary N) is 1. The average molecular weight is 349 g/mol. The van der Waals surface area contributed by atoms with Crippen LogP contribution in [0, 0.1) is 5.82 Å². The number of para-hydroxylation sites is 1. The maximum atomic E-state index is 13.7. The highest BCUT2D eigenvalue weighted by atomic mass is 19.1. The zero-order valence-corrected chi connectivity index (χ0v) is 14.5. The molecular weight excluding hydrogens is 329 g/mol. The minimum absolute atomic E-state index is 0.152. The van der Waals surface area contributed by atoms with Gasteiger partial charge >= 0.3 is 0 Å². The Hall–Kier alpha value is -3.21. The van der Waals surface area contributed by atoms with Crippen LogP contribution in [0.4, 0.5) is 15.8 Å². The molecule has 0 spiro atoms. The van der Waals surface area contributed by atoms with E-state index in [1.54, 1.807) is 24.4 Å². The van der Waals surface area contributed by atoms with Crippen molar-refractivity contribution in [3.05, 3.63) is 90.0 Å². The molecule has 26 heavy (non-hydrogen) atoms. The normalized spacial score (nSPS) is 10.4. The Morgan fingerprint density at radius 1 is 1.08 bits per heavy atom. The molecule has 132 valence electrons. The first-order valence-corrected chi connectivity index (χ1v) is 8.47. The summed E-state index contributed by atoms with van der Waals surface area (Å²) in [6.45, 7) is 3.54. The first kappa shape index (κ1) is 17.6. The Balaban J connectivity index is 1.78. The van der Waals surface area contributed by atoms with Gasteiger partial charge in [-0.05, 0) is 30.7 Å². The first-order valence-electron chi connectivity index (χ1n) is 8.47. The van der Waals surface area contributed by atoms with Crippen LogP contribution >= 0.6 is 0 Å². The van der Waals surface area contributed by atoms with E-state index in [0.717, 1.165) is 18.8 Å². The molecule has 2 aromatic carbocycles. The van der Waals surface area contributed by atoms with E-state index in [2.05, 4.69) is 34.3 Å². The molecule has 0 atom stereocenters. The van der Waals surface area contributed by atoms with E-state index in [1.165, 1.54) is 23.9 Å². The van der Waals surface area contributed by atoms with Crippen LogP contribution in [-0.4, -0.2) is 17.4 Å². The van der Waals surface area contributed by atoms with Crippen LogP contribution in [0.25, 0.3) is 0 Å². The van der Waals surface area contributed by atoms with Gasteiger partial charge in [-0.3, -0.25) is 9.78 Å². The quantitative estimate of drug-likeness (QED) is 0.713.